The minimum atomic E-state index is 0.208. The third kappa shape index (κ3) is 3.62. The van der Waals surface area contributed by atoms with Gasteiger partial charge in [-0.1, -0.05) is 6.92 Å². The van der Waals surface area contributed by atoms with Crippen LogP contribution in [0.1, 0.15) is 26.7 Å². The van der Waals surface area contributed by atoms with Gasteiger partial charge in [0.1, 0.15) is 5.78 Å². The maximum atomic E-state index is 10.8. The summed E-state index contributed by atoms with van der Waals surface area (Å²) in [6.07, 6.45) is 1.79. The van der Waals surface area contributed by atoms with Crippen LogP contribution >= 0.6 is 0 Å². The first-order valence-corrected chi connectivity index (χ1v) is 3.71. The van der Waals surface area contributed by atoms with Gasteiger partial charge in [0.2, 0.25) is 0 Å². The lowest BCUT2D eigenvalue weighted by Crippen LogP contribution is -2.11. The molecule has 0 aliphatic rings. The topological polar surface area (TPSA) is 26.3 Å². The summed E-state index contributed by atoms with van der Waals surface area (Å²) in [5.41, 5.74) is 0. The molecule has 0 aromatic carbocycles. The number of hydrogen-bond acceptors (Lipinski definition) is 2. The summed E-state index contributed by atoms with van der Waals surface area (Å²) in [4.78, 5) is 10.8. The summed E-state index contributed by atoms with van der Waals surface area (Å²) in [6.45, 7) is 4.36. The Kier molecular flexibility index (Phi) is 5.22. The third-order valence-electron chi connectivity index (χ3n) is 1.74. The number of Topliss-reactive ketones (excluding diaryl/α,β-unsaturated/α-hetero) is 1. The van der Waals surface area contributed by atoms with Crippen molar-refractivity contribution in [2.45, 2.75) is 26.7 Å². The van der Waals surface area contributed by atoms with Crippen LogP contribution in [0.5, 0.6) is 0 Å². The molecule has 0 amide bonds. The molecule has 0 aromatic heterocycles. The van der Waals surface area contributed by atoms with Gasteiger partial charge in [-0.05, 0) is 19.8 Å². The fraction of sp³-hybridized carbons (Fsp3) is 0.875. The molecule has 0 N–H and O–H groups in total. The van der Waals surface area contributed by atoms with Gasteiger partial charge in [0, 0.05) is 19.6 Å². The molecule has 10 heavy (non-hydrogen) atoms. The normalized spacial score (nSPS) is 13.1. The number of rotatable bonds is 5. The Labute approximate surface area is 62.6 Å². The van der Waals surface area contributed by atoms with Crippen LogP contribution in [0.2, 0.25) is 0 Å². The Bertz CT molecular complexity index is 99.4. The van der Waals surface area contributed by atoms with Crippen molar-refractivity contribution in [1.29, 1.82) is 0 Å². The van der Waals surface area contributed by atoms with Crippen molar-refractivity contribution in [2.75, 3.05) is 13.7 Å². The Morgan fingerprint density at radius 3 is 2.50 bits per heavy atom. The second kappa shape index (κ2) is 5.42. The van der Waals surface area contributed by atoms with Crippen LogP contribution in [0.15, 0.2) is 0 Å². The standard InChI is InChI=1S/C8H16O2/c1-4-8(7(2)9)5-6-10-3/h8H,4-6H2,1-3H3. The summed E-state index contributed by atoms with van der Waals surface area (Å²) in [5, 5.41) is 0. The molecule has 2 nitrogen and oxygen atoms in total. The summed E-state index contributed by atoms with van der Waals surface area (Å²) < 4.78 is 4.87. The van der Waals surface area contributed by atoms with Gasteiger partial charge in [0.25, 0.3) is 0 Å². The van der Waals surface area contributed by atoms with E-state index >= 15 is 0 Å². The van der Waals surface area contributed by atoms with Gasteiger partial charge in [0.05, 0.1) is 0 Å². The Hall–Kier alpha value is -0.370. The van der Waals surface area contributed by atoms with Gasteiger partial charge >= 0.3 is 0 Å². The molecular formula is C8H16O2. The van der Waals surface area contributed by atoms with Crippen molar-refractivity contribution in [3.63, 3.8) is 0 Å². The molecule has 0 spiro atoms. The monoisotopic (exact) mass is 144 g/mol. The van der Waals surface area contributed by atoms with E-state index in [1.165, 1.54) is 0 Å². The van der Waals surface area contributed by atoms with Crippen LogP contribution in [0.3, 0.4) is 0 Å². The van der Waals surface area contributed by atoms with Crippen LogP contribution in [-0.2, 0) is 9.53 Å². The molecule has 0 heterocycles. The van der Waals surface area contributed by atoms with Gasteiger partial charge in [-0.2, -0.15) is 0 Å². The van der Waals surface area contributed by atoms with Crippen LogP contribution in [0.25, 0.3) is 0 Å². The molecule has 60 valence electrons. The molecule has 0 aliphatic heterocycles. The first-order valence-electron chi connectivity index (χ1n) is 3.71. The van der Waals surface area contributed by atoms with Crippen LogP contribution < -0.4 is 0 Å². The van der Waals surface area contributed by atoms with Crippen LogP contribution in [0.4, 0.5) is 0 Å². The lowest BCUT2D eigenvalue weighted by atomic mass is 9.99. The number of hydrogen-bond donors (Lipinski definition) is 0. The van der Waals surface area contributed by atoms with E-state index in [0.717, 1.165) is 12.8 Å². The lowest BCUT2D eigenvalue weighted by Gasteiger charge is -2.08. The van der Waals surface area contributed by atoms with E-state index in [1.54, 1.807) is 14.0 Å². The van der Waals surface area contributed by atoms with E-state index in [1.807, 2.05) is 6.92 Å². The van der Waals surface area contributed by atoms with E-state index in [0.29, 0.717) is 6.61 Å². The minimum absolute atomic E-state index is 0.208. The maximum absolute atomic E-state index is 10.8. The van der Waals surface area contributed by atoms with Gasteiger partial charge in [-0.25, -0.2) is 0 Å². The number of ketones is 1. The molecule has 0 bridgehead atoms. The summed E-state index contributed by atoms with van der Waals surface area (Å²) in [6, 6.07) is 0. The van der Waals surface area contributed by atoms with Crippen molar-refractivity contribution in [1.82, 2.24) is 0 Å². The second-order valence-corrected chi connectivity index (χ2v) is 2.50. The third-order valence-corrected chi connectivity index (χ3v) is 1.74. The molecular weight excluding hydrogens is 128 g/mol. The molecule has 0 saturated heterocycles. The molecule has 1 unspecified atom stereocenters. The minimum Gasteiger partial charge on any atom is -0.385 e. The van der Waals surface area contributed by atoms with Gasteiger partial charge in [-0.15, -0.1) is 0 Å². The summed E-state index contributed by atoms with van der Waals surface area (Å²) in [7, 11) is 1.66. The zero-order valence-corrected chi connectivity index (χ0v) is 7.02. The van der Waals surface area contributed by atoms with Crippen LogP contribution in [-0.4, -0.2) is 19.5 Å². The van der Waals surface area contributed by atoms with Crippen molar-refractivity contribution in [2.24, 2.45) is 5.92 Å². The maximum Gasteiger partial charge on any atom is 0.132 e. The van der Waals surface area contributed by atoms with Crippen molar-refractivity contribution >= 4 is 5.78 Å². The van der Waals surface area contributed by atoms with E-state index in [9.17, 15) is 4.79 Å². The van der Waals surface area contributed by atoms with Gasteiger partial charge < -0.3 is 4.74 Å². The number of methoxy groups -OCH3 is 1. The first kappa shape index (κ1) is 9.63. The predicted molar refractivity (Wildman–Crippen MR) is 41.0 cm³/mol. The van der Waals surface area contributed by atoms with E-state index in [-0.39, 0.29) is 11.7 Å². The molecule has 0 rings (SSSR count). The highest BCUT2D eigenvalue weighted by Crippen LogP contribution is 2.08. The fourth-order valence-corrected chi connectivity index (χ4v) is 0.955. The largest absolute Gasteiger partial charge is 0.385 e. The van der Waals surface area contributed by atoms with E-state index < -0.39 is 0 Å². The molecule has 0 aromatic rings. The lowest BCUT2D eigenvalue weighted by molar-refractivity contribution is -0.121. The van der Waals surface area contributed by atoms with Gasteiger partial charge in [-0.3, -0.25) is 4.79 Å². The van der Waals surface area contributed by atoms with Gasteiger partial charge in [0.15, 0.2) is 0 Å². The van der Waals surface area contributed by atoms with E-state index in [4.69, 9.17) is 4.74 Å². The molecule has 0 aliphatic carbocycles. The molecule has 2 heteroatoms. The first-order chi connectivity index (χ1) is 4.72. The Balaban J connectivity index is 3.50. The van der Waals surface area contributed by atoms with E-state index in [2.05, 4.69) is 0 Å². The zero-order valence-electron chi connectivity index (χ0n) is 7.02. The zero-order chi connectivity index (χ0) is 7.98. The molecule has 1 atom stereocenters. The molecule has 0 saturated carbocycles. The SMILES string of the molecule is CCC(CCOC)C(C)=O. The Morgan fingerprint density at radius 2 is 2.20 bits per heavy atom. The molecule has 0 radical (unpaired) electrons. The van der Waals surface area contributed by atoms with Crippen LogP contribution in [0, 0.1) is 5.92 Å². The number of ether oxygens (including phenoxy) is 1. The number of carbonyl (C=O) groups is 1. The quantitative estimate of drug-likeness (QED) is 0.586. The number of carbonyl (C=O) groups excluding carboxylic acids is 1. The second-order valence-electron chi connectivity index (χ2n) is 2.50. The van der Waals surface area contributed by atoms with Crippen molar-refractivity contribution in [3.8, 4) is 0 Å². The summed E-state index contributed by atoms with van der Waals surface area (Å²) in [5.74, 6) is 0.486. The van der Waals surface area contributed by atoms with Crippen molar-refractivity contribution < 1.29 is 9.53 Å². The average molecular weight is 144 g/mol. The summed E-state index contributed by atoms with van der Waals surface area (Å²) >= 11 is 0. The predicted octanol–water partition coefficient (Wildman–Crippen LogP) is 1.64. The fourth-order valence-electron chi connectivity index (χ4n) is 0.955. The van der Waals surface area contributed by atoms with Crippen molar-refractivity contribution in [3.05, 3.63) is 0 Å². The smallest absolute Gasteiger partial charge is 0.132 e. The highest BCUT2D eigenvalue weighted by Gasteiger charge is 2.09. The average Bonchev–Trinajstić information content (AvgIpc) is 1.89. The highest BCUT2D eigenvalue weighted by molar-refractivity contribution is 5.78. The Morgan fingerprint density at radius 1 is 1.60 bits per heavy atom. The highest BCUT2D eigenvalue weighted by atomic mass is 16.5. The molecule has 0 fully saturated rings.